The molecule has 0 spiro atoms. The van der Waals surface area contributed by atoms with Gasteiger partial charge in [-0.1, -0.05) is 145 Å². The zero-order valence-corrected chi connectivity index (χ0v) is 21.5. The summed E-state index contributed by atoms with van der Waals surface area (Å²) in [4.78, 5) is 2.40. The summed E-state index contributed by atoms with van der Waals surface area (Å²) in [7, 11) is 4.45. The molecule has 0 aliphatic carbocycles. The van der Waals surface area contributed by atoms with Crippen molar-refractivity contribution in [2.75, 3.05) is 19.4 Å². The fourth-order valence-corrected chi connectivity index (χ4v) is 4.77. The molecule has 0 aromatic rings. The van der Waals surface area contributed by atoms with Gasteiger partial charge < -0.3 is 4.90 Å². The summed E-state index contributed by atoms with van der Waals surface area (Å²) in [5.41, 5.74) is 0. The van der Waals surface area contributed by atoms with Gasteiger partial charge >= 0.3 is 0 Å². The minimum atomic E-state index is 0.769. The second-order valence-corrected chi connectivity index (χ2v) is 10.0. The minimum absolute atomic E-state index is 0.769. The molecule has 0 amide bonds. The molecule has 0 bridgehead atoms. The minimum Gasteiger partial charge on any atom is -0.306 e. The van der Waals surface area contributed by atoms with Crippen LogP contribution >= 0.6 is 15.9 Å². The molecule has 0 aromatic carbocycles. The molecule has 0 fully saturated rings. The molecule has 0 aromatic heterocycles. The summed E-state index contributed by atoms with van der Waals surface area (Å²) in [6.45, 7) is 2.30. The first-order chi connectivity index (χ1) is 13.7. The summed E-state index contributed by atoms with van der Waals surface area (Å²) in [6, 6.07) is 0.769. The summed E-state index contributed by atoms with van der Waals surface area (Å²) in [5.74, 6) is 0. The summed E-state index contributed by atoms with van der Waals surface area (Å²) in [6.07, 6.45) is 30.4. The number of nitrogens with zero attached hydrogens (tertiary/aromatic N) is 1. The molecule has 0 rings (SSSR count). The molecular weight excluding hydrogens is 406 g/mol. The van der Waals surface area contributed by atoms with Crippen LogP contribution in [0.15, 0.2) is 0 Å². The smallest absolute Gasteiger partial charge is 0.00971 e. The van der Waals surface area contributed by atoms with Crippen LogP contribution in [0.25, 0.3) is 0 Å². The first kappa shape index (κ1) is 28.4. The van der Waals surface area contributed by atoms with Gasteiger partial charge in [-0.2, -0.15) is 0 Å². The monoisotopic (exact) mass is 459 g/mol. The first-order valence-corrected chi connectivity index (χ1v) is 14.1. The van der Waals surface area contributed by atoms with E-state index in [2.05, 4.69) is 41.8 Å². The lowest BCUT2D eigenvalue weighted by atomic mass is 10.0. The second kappa shape index (κ2) is 23.7. The highest BCUT2D eigenvalue weighted by Gasteiger charge is 2.09. The fourth-order valence-electron chi connectivity index (χ4n) is 4.25. The molecule has 1 atom stereocenters. The highest BCUT2D eigenvalue weighted by molar-refractivity contribution is 9.09. The number of hydrogen-bond donors (Lipinski definition) is 0. The van der Waals surface area contributed by atoms with Gasteiger partial charge in [-0.05, 0) is 26.9 Å². The summed E-state index contributed by atoms with van der Waals surface area (Å²) < 4.78 is 0. The summed E-state index contributed by atoms with van der Waals surface area (Å²) >= 11 is 3.59. The van der Waals surface area contributed by atoms with Gasteiger partial charge in [0.15, 0.2) is 0 Å². The molecular formula is C26H54BrN. The molecule has 0 saturated heterocycles. The molecule has 2 heteroatoms. The van der Waals surface area contributed by atoms with Crippen molar-refractivity contribution in [2.24, 2.45) is 0 Å². The standard InChI is InChI=1S/C26H54BrN/c1-4-5-6-7-8-9-10-11-12-13-14-15-16-17-18-19-20-21-22-23-26(24-25-27)28(2)3/h26H,4-25H2,1-3H3. The third-order valence-corrected chi connectivity index (χ3v) is 6.77. The Hall–Kier alpha value is 0.440. The zero-order valence-electron chi connectivity index (χ0n) is 20.0. The topological polar surface area (TPSA) is 3.24 Å². The van der Waals surface area contributed by atoms with Crippen molar-refractivity contribution in [2.45, 2.75) is 148 Å². The molecule has 0 aliphatic rings. The number of unbranched alkanes of at least 4 members (excludes halogenated alkanes) is 18. The predicted molar refractivity (Wildman–Crippen MR) is 134 cm³/mol. The second-order valence-electron chi connectivity index (χ2n) is 9.25. The normalized spacial score (nSPS) is 12.8. The van der Waals surface area contributed by atoms with Crippen LogP contribution in [0.4, 0.5) is 0 Å². The van der Waals surface area contributed by atoms with Gasteiger partial charge in [0.2, 0.25) is 0 Å². The Morgan fingerprint density at radius 1 is 0.500 bits per heavy atom. The largest absolute Gasteiger partial charge is 0.306 e. The predicted octanol–water partition coefficient (Wildman–Crippen LogP) is 9.52. The molecule has 0 radical (unpaired) electrons. The van der Waals surface area contributed by atoms with Gasteiger partial charge in [0.1, 0.15) is 0 Å². The van der Waals surface area contributed by atoms with E-state index >= 15 is 0 Å². The lowest BCUT2D eigenvalue weighted by molar-refractivity contribution is 0.266. The van der Waals surface area contributed by atoms with E-state index in [0.717, 1.165) is 11.4 Å². The first-order valence-electron chi connectivity index (χ1n) is 12.9. The quantitative estimate of drug-likeness (QED) is 0.108. The van der Waals surface area contributed by atoms with E-state index in [-0.39, 0.29) is 0 Å². The van der Waals surface area contributed by atoms with Crippen molar-refractivity contribution < 1.29 is 0 Å². The Labute approximate surface area is 187 Å². The van der Waals surface area contributed by atoms with E-state index in [1.165, 1.54) is 135 Å². The maximum absolute atomic E-state index is 3.59. The van der Waals surface area contributed by atoms with Crippen LogP contribution in [-0.2, 0) is 0 Å². The number of alkyl halides is 1. The van der Waals surface area contributed by atoms with Crippen LogP contribution < -0.4 is 0 Å². The average molecular weight is 461 g/mol. The molecule has 28 heavy (non-hydrogen) atoms. The van der Waals surface area contributed by atoms with Crippen LogP contribution in [0.1, 0.15) is 142 Å². The van der Waals surface area contributed by atoms with E-state index in [9.17, 15) is 0 Å². The number of hydrogen-bond acceptors (Lipinski definition) is 1. The SMILES string of the molecule is CCCCCCCCCCCCCCCCCCCCCC(CCBr)N(C)C. The highest BCUT2D eigenvalue weighted by Crippen LogP contribution is 2.16. The maximum Gasteiger partial charge on any atom is 0.00971 e. The molecule has 1 unspecified atom stereocenters. The molecule has 1 nitrogen and oxygen atoms in total. The lowest BCUT2D eigenvalue weighted by Gasteiger charge is -2.23. The van der Waals surface area contributed by atoms with Crippen molar-refractivity contribution in [3.8, 4) is 0 Å². The number of rotatable bonds is 23. The van der Waals surface area contributed by atoms with Crippen LogP contribution in [0.2, 0.25) is 0 Å². The van der Waals surface area contributed by atoms with Crippen LogP contribution in [-0.4, -0.2) is 30.4 Å². The van der Waals surface area contributed by atoms with Gasteiger partial charge in [0.05, 0.1) is 0 Å². The van der Waals surface area contributed by atoms with Crippen molar-refractivity contribution in [1.29, 1.82) is 0 Å². The molecule has 170 valence electrons. The van der Waals surface area contributed by atoms with E-state index in [1.54, 1.807) is 0 Å². The Morgan fingerprint density at radius 2 is 0.821 bits per heavy atom. The molecule has 0 aliphatic heterocycles. The van der Waals surface area contributed by atoms with Crippen molar-refractivity contribution in [3.05, 3.63) is 0 Å². The number of halogens is 1. The van der Waals surface area contributed by atoms with Gasteiger partial charge in [-0.3, -0.25) is 0 Å². The molecule has 0 saturated carbocycles. The average Bonchev–Trinajstić information content (AvgIpc) is 2.68. The van der Waals surface area contributed by atoms with Crippen molar-refractivity contribution in [1.82, 2.24) is 4.90 Å². The van der Waals surface area contributed by atoms with Gasteiger partial charge in [-0.15, -0.1) is 0 Å². The van der Waals surface area contributed by atoms with Crippen molar-refractivity contribution >= 4 is 15.9 Å². The van der Waals surface area contributed by atoms with E-state index in [1.807, 2.05) is 0 Å². The van der Waals surface area contributed by atoms with Gasteiger partial charge in [0, 0.05) is 11.4 Å². The maximum atomic E-state index is 3.59. The Kier molecular flexibility index (Phi) is 24.1. The highest BCUT2D eigenvalue weighted by atomic mass is 79.9. The summed E-state index contributed by atoms with van der Waals surface area (Å²) in [5, 5.41) is 1.13. The lowest BCUT2D eigenvalue weighted by Crippen LogP contribution is -2.28. The molecule has 0 heterocycles. The van der Waals surface area contributed by atoms with E-state index in [4.69, 9.17) is 0 Å². The third-order valence-electron chi connectivity index (χ3n) is 6.31. The third kappa shape index (κ3) is 21.2. The van der Waals surface area contributed by atoms with Crippen LogP contribution in [0.5, 0.6) is 0 Å². The van der Waals surface area contributed by atoms with Crippen LogP contribution in [0.3, 0.4) is 0 Å². The molecule has 0 N–H and O–H groups in total. The van der Waals surface area contributed by atoms with E-state index < -0.39 is 0 Å². The fraction of sp³-hybridized carbons (Fsp3) is 1.00. The van der Waals surface area contributed by atoms with Crippen LogP contribution in [0, 0.1) is 0 Å². The van der Waals surface area contributed by atoms with Gasteiger partial charge in [0.25, 0.3) is 0 Å². The van der Waals surface area contributed by atoms with Gasteiger partial charge in [-0.25, -0.2) is 0 Å². The van der Waals surface area contributed by atoms with Crippen molar-refractivity contribution in [3.63, 3.8) is 0 Å². The Morgan fingerprint density at radius 3 is 1.11 bits per heavy atom. The zero-order chi connectivity index (χ0) is 20.7. The Balaban J connectivity index is 3.14. The van der Waals surface area contributed by atoms with E-state index in [0.29, 0.717) is 0 Å². The Bertz CT molecular complexity index is 280.